The molecule has 1 aromatic rings. The van der Waals surface area contributed by atoms with Crippen LogP contribution < -0.4 is 5.32 Å². The lowest BCUT2D eigenvalue weighted by molar-refractivity contribution is 0.199. The van der Waals surface area contributed by atoms with E-state index in [-0.39, 0.29) is 6.04 Å². The van der Waals surface area contributed by atoms with Crippen molar-refractivity contribution in [2.45, 2.75) is 31.7 Å². The van der Waals surface area contributed by atoms with Crippen molar-refractivity contribution < 1.29 is 9.26 Å². The van der Waals surface area contributed by atoms with Gasteiger partial charge in [-0.3, -0.25) is 0 Å². The first-order valence-corrected chi connectivity index (χ1v) is 5.45. The molecule has 1 fully saturated rings. The van der Waals surface area contributed by atoms with Gasteiger partial charge >= 0.3 is 0 Å². The van der Waals surface area contributed by atoms with Crippen LogP contribution in [0.1, 0.15) is 37.0 Å². The number of piperidine rings is 1. The Morgan fingerprint density at radius 2 is 2.47 bits per heavy atom. The molecule has 2 heterocycles. The third-order valence-electron chi connectivity index (χ3n) is 2.62. The lowest BCUT2D eigenvalue weighted by atomic mass is 10.1. The molecule has 1 aliphatic heterocycles. The predicted molar refractivity (Wildman–Crippen MR) is 54.5 cm³/mol. The molecule has 1 saturated heterocycles. The zero-order chi connectivity index (χ0) is 10.5. The summed E-state index contributed by atoms with van der Waals surface area (Å²) in [4.78, 5) is 4.35. The van der Waals surface area contributed by atoms with Gasteiger partial charge < -0.3 is 14.6 Å². The fourth-order valence-electron chi connectivity index (χ4n) is 1.77. The first-order valence-electron chi connectivity index (χ1n) is 5.45. The van der Waals surface area contributed by atoms with Gasteiger partial charge in [0.25, 0.3) is 0 Å². The molecule has 1 atom stereocenters. The molecule has 2 rings (SSSR count). The van der Waals surface area contributed by atoms with E-state index in [2.05, 4.69) is 15.5 Å². The minimum Gasteiger partial charge on any atom is -0.384 e. The summed E-state index contributed by atoms with van der Waals surface area (Å²) in [6, 6.07) is 0.252. The van der Waals surface area contributed by atoms with Crippen molar-refractivity contribution in [2.24, 2.45) is 0 Å². The van der Waals surface area contributed by atoms with Crippen molar-refractivity contribution in [3.05, 3.63) is 11.7 Å². The van der Waals surface area contributed by atoms with E-state index in [0.29, 0.717) is 13.0 Å². The average molecular weight is 211 g/mol. The largest absolute Gasteiger partial charge is 0.384 e. The van der Waals surface area contributed by atoms with E-state index in [9.17, 15) is 0 Å². The smallest absolute Gasteiger partial charge is 0.243 e. The van der Waals surface area contributed by atoms with Crippen LogP contribution in [0.2, 0.25) is 0 Å². The predicted octanol–water partition coefficient (Wildman–Crippen LogP) is 1.07. The van der Waals surface area contributed by atoms with Crippen LogP contribution in [0.3, 0.4) is 0 Å². The summed E-state index contributed by atoms with van der Waals surface area (Å²) in [5, 5.41) is 7.30. The van der Waals surface area contributed by atoms with Crippen molar-refractivity contribution in [1.29, 1.82) is 0 Å². The highest BCUT2D eigenvalue weighted by atomic mass is 16.5. The summed E-state index contributed by atoms with van der Waals surface area (Å²) >= 11 is 0. The summed E-state index contributed by atoms with van der Waals surface area (Å²) in [7, 11) is 1.67. The van der Waals surface area contributed by atoms with E-state index in [4.69, 9.17) is 9.26 Å². The van der Waals surface area contributed by atoms with Crippen LogP contribution in [0.4, 0.5) is 0 Å². The zero-order valence-electron chi connectivity index (χ0n) is 9.03. The summed E-state index contributed by atoms with van der Waals surface area (Å²) in [6.45, 7) is 1.68. The number of methoxy groups -OCH3 is 1. The van der Waals surface area contributed by atoms with E-state index in [0.717, 1.165) is 24.7 Å². The van der Waals surface area contributed by atoms with Gasteiger partial charge in [0.1, 0.15) is 0 Å². The number of hydrogen-bond donors (Lipinski definition) is 1. The van der Waals surface area contributed by atoms with Crippen molar-refractivity contribution in [3.63, 3.8) is 0 Å². The van der Waals surface area contributed by atoms with Crippen molar-refractivity contribution >= 4 is 0 Å². The normalized spacial score (nSPS) is 21.8. The number of nitrogens with zero attached hydrogens (tertiary/aromatic N) is 2. The molecule has 0 spiro atoms. The molecule has 15 heavy (non-hydrogen) atoms. The number of aromatic nitrogens is 2. The number of nitrogens with one attached hydrogen (secondary N) is 1. The first-order chi connectivity index (χ1) is 7.40. The SMILES string of the molecule is COCCc1noc(C2CCCCN2)n1. The van der Waals surface area contributed by atoms with Gasteiger partial charge in [-0.1, -0.05) is 11.6 Å². The molecular weight excluding hydrogens is 194 g/mol. The Bertz CT molecular complexity index is 295. The Labute approximate surface area is 89.2 Å². The molecule has 0 radical (unpaired) electrons. The molecule has 5 heteroatoms. The van der Waals surface area contributed by atoms with Gasteiger partial charge in [0.05, 0.1) is 12.6 Å². The zero-order valence-corrected chi connectivity index (χ0v) is 9.03. The third-order valence-corrected chi connectivity index (χ3v) is 2.62. The highest BCUT2D eigenvalue weighted by molar-refractivity contribution is 4.94. The van der Waals surface area contributed by atoms with E-state index in [1.807, 2.05) is 0 Å². The van der Waals surface area contributed by atoms with E-state index < -0.39 is 0 Å². The molecule has 0 aromatic carbocycles. The lowest BCUT2D eigenvalue weighted by Crippen LogP contribution is -2.27. The fraction of sp³-hybridized carbons (Fsp3) is 0.800. The second-order valence-electron chi connectivity index (χ2n) is 3.79. The highest BCUT2D eigenvalue weighted by Crippen LogP contribution is 2.21. The Balaban J connectivity index is 1.93. The van der Waals surface area contributed by atoms with Crippen molar-refractivity contribution in [2.75, 3.05) is 20.3 Å². The van der Waals surface area contributed by atoms with Gasteiger partial charge in [0, 0.05) is 13.5 Å². The minimum atomic E-state index is 0.252. The van der Waals surface area contributed by atoms with Crippen molar-refractivity contribution in [3.8, 4) is 0 Å². The van der Waals surface area contributed by atoms with Crippen LogP contribution in [-0.2, 0) is 11.2 Å². The number of hydrogen-bond acceptors (Lipinski definition) is 5. The van der Waals surface area contributed by atoms with E-state index in [1.54, 1.807) is 7.11 Å². The van der Waals surface area contributed by atoms with E-state index in [1.165, 1.54) is 12.8 Å². The second-order valence-corrected chi connectivity index (χ2v) is 3.79. The van der Waals surface area contributed by atoms with E-state index >= 15 is 0 Å². The van der Waals surface area contributed by atoms with Crippen LogP contribution in [0.25, 0.3) is 0 Å². The average Bonchev–Trinajstić information content (AvgIpc) is 2.76. The van der Waals surface area contributed by atoms with Crippen LogP contribution >= 0.6 is 0 Å². The van der Waals surface area contributed by atoms with Crippen molar-refractivity contribution in [1.82, 2.24) is 15.5 Å². The summed E-state index contributed by atoms with van der Waals surface area (Å²) in [5.74, 6) is 1.46. The summed E-state index contributed by atoms with van der Waals surface area (Å²) in [6.07, 6.45) is 4.27. The van der Waals surface area contributed by atoms with Gasteiger partial charge in [-0.15, -0.1) is 0 Å². The van der Waals surface area contributed by atoms with Gasteiger partial charge in [-0.05, 0) is 19.4 Å². The van der Waals surface area contributed by atoms with Gasteiger partial charge in [-0.25, -0.2) is 0 Å². The van der Waals surface area contributed by atoms with Crippen LogP contribution in [0, 0.1) is 0 Å². The molecule has 0 aliphatic carbocycles. The summed E-state index contributed by atoms with van der Waals surface area (Å²) < 4.78 is 10.2. The quantitative estimate of drug-likeness (QED) is 0.807. The molecule has 0 amide bonds. The van der Waals surface area contributed by atoms with Crippen LogP contribution in [-0.4, -0.2) is 30.4 Å². The molecule has 1 aliphatic rings. The molecule has 1 aromatic heterocycles. The first kappa shape index (κ1) is 10.6. The molecule has 5 nitrogen and oxygen atoms in total. The topological polar surface area (TPSA) is 60.2 Å². The second kappa shape index (κ2) is 5.23. The maximum Gasteiger partial charge on any atom is 0.243 e. The third kappa shape index (κ3) is 2.76. The maximum absolute atomic E-state index is 5.22. The van der Waals surface area contributed by atoms with Crippen LogP contribution in [0.15, 0.2) is 4.52 Å². The minimum absolute atomic E-state index is 0.252. The Morgan fingerprint density at radius 1 is 1.53 bits per heavy atom. The Hall–Kier alpha value is -0.940. The molecule has 84 valence electrons. The lowest BCUT2D eigenvalue weighted by Gasteiger charge is -2.19. The molecule has 0 saturated carbocycles. The highest BCUT2D eigenvalue weighted by Gasteiger charge is 2.20. The van der Waals surface area contributed by atoms with Crippen LogP contribution in [0.5, 0.6) is 0 Å². The Kier molecular flexibility index (Phi) is 3.69. The number of ether oxygens (including phenoxy) is 1. The van der Waals surface area contributed by atoms with Gasteiger partial charge in [0.2, 0.25) is 5.89 Å². The maximum atomic E-state index is 5.22. The number of rotatable bonds is 4. The molecule has 1 unspecified atom stereocenters. The van der Waals surface area contributed by atoms with Gasteiger partial charge in [-0.2, -0.15) is 4.98 Å². The molecular formula is C10H17N3O2. The summed E-state index contributed by atoms with van der Waals surface area (Å²) in [5.41, 5.74) is 0. The fourth-order valence-corrected chi connectivity index (χ4v) is 1.77. The molecule has 0 bridgehead atoms. The standard InChI is InChI=1S/C10H17N3O2/c1-14-7-5-9-12-10(15-13-9)8-4-2-3-6-11-8/h8,11H,2-7H2,1H3. The molecule has 1 N–H and O–H groups in total. The monoisotopic (exact) mass is 211 g/mol. The van der Waals surface area contributed by atoms with Gasteiger partial charge in [0.15, 0.2) is 5.82 Å². The Morgan fingerprint density at radius 3 is 3.20 bits per heavy atom.